The highest BCUT2D eigenvalue weighted by atomic mass is 16.5. The maximum atomic E-state index is 12.8. The van der Waals surface area contributed by atoms with Gasteiger partial charge in [-0.25, -0.2) is 4.79 Å². The Morgan fingerprint density at radius 2 is 2.15 bits per heavy atom. The molecule has 3 rings (SSSR count). The van der Waals surface area contributed by atoms with Crippen molar-refractivity contribution in [1.29, 1.82) is 0 Å². The van der Waals surface area contributed by atoms with Gasteiger partial charge in [-0.2, -0.15) is 0 Å². The smallest absolute Gasteiger partial charge is 0.317 e. The first-order chi connectivity index (χ1) is 12.5. The summed E-state index contributed by atoms with van der Waals surface area (Å²) < 4.78 is 5.69. The van der Waals surface area contributed by atoms with Crippen molar-refractivity contribution >= 4 is 12.0 Å². The minimum Gasteiger partial charge on any atom is -0.494 e. The van der Waals surface area contributed by atoms with Crippen LogP contribution in [0.1, 0.15) is 51.1 Å². The topological polar surface area (TPSA) is 78.9 Å². The maximum Gasteiger partial charge on any atom is 0.317 e. The molecule has 0 aromatic heterocycles. The van der Waals surface area contributed by atoms with E-state index in [4.69, 9.17) is 4.74 Å². The number of likely N-dealkylation sites (tertiary alicyclic amines) is 1. The number of amides is 2. The van der Waals surface area contributed by atoms with Crippen LogP contribution in [-0.2, 0) is 4.79 Å². The highest BCUT2D eigenvalue weighted by Crippen LogP contribution is 2.48. The minimum absolute atomic E-state index is 0.0709. The Kier molecular flexibility index (Phi) is 5.39. The molecule has 3 atom stereocenters. The first-order valence-corrected chi connectivity index (χ1v) is 9.52. The Morgan fingerprint density at radius 3 is 2.81 bits per heavy atom. The summed E-state index contributed by atoms with van der Waals surface area (Å²) in [7, 11) is 0. The van der Waals surface area contributed by atoms with Crippen molar-refractivity contribution < 1.29 is 19.4 Å². The van der Waals surface area contributed by atoms with Gasteiger partial charge < -0.3 is 20.1 Å². The first kappa shape index (κ1) is 18.5. The van der Waals surface area contributed by atoms with Gasteiger partial charge >= 0.3 is 12.0 Å². The van der Waals surface area contributed by atoms with Crippen LogP contribution in [0.3, 0.4) is 0 Å². The van der Waals surface area contributed by atoms with E-state index in [1.165, 1.54) is 0 Å². The van der Waals surface area contributed by atoms with Crippen molar-refractivity contribution in [2.45, 2.75) is 45.6 Å². The van der Waals surface area contributed by atoms with Gasteiger partial charge in [-0.05, 0) is 38.2 Å². The van der Waals surface area contributed by atoms with E-state index < -0.39 is 11.4 Å². The Labute approximate surface area is 154 Å². The lowest BCUT2D eigenvalue weighted by Gasteiger charge is -2.26. The highest BCUT2D eigenvalue weighted by Gasteiger charge is 2.55. The van der Waals surface area contributed by atoms with Gasteiger partial charge in [0.1, 0.15) is 5.75 Å². The van der Waals surface area contributed by atoms with Crippen LogP contribution in [0.15, 0.2) is 24.3 Å². The lowest BCUT2D eigenvalue weighted by molar-refractivity contribution is -0.149. The zero-order chi connectivity index (χ0) is 18.7. The quantitative estimate of drug-likeness (QED) is 0.815. The fourth-order valence-electron chi connectivity index (χ4n) is 4.49. The molecule has 2 aliphatic rings. The number of para-hydroxylation sites is 1. The second kappa shape index (κ2) is 7.56. The second-order valence-electron chi connectivity index (χ2n) is 7.31. The normalized spacial score (nSPS) is 25.6. The third-order valence-corrected chi connectivity index (χ3v) is 5.88. The Balaban J connectivity index is 1.72. The molecule has 0 spiro atoms. The summed E-state index contributed by atoms with van der Waals surface area (Å²) in [6.07, 6.45) is 3.23. The maximum absolute atomic E-state index is 12.8. The molecule has 142 valence electrons. The van der Waals surface area contributed by atoms with Crippen molar-refractivity contribution in [3.05, 3.63) is 29.8 Å². The van der Waals surface area contributed by atoms with Gasteiger partial charge in [0.15, 0.2) is 0 Å². The predicted octanol–water partition coefficient (Wildman–Crippen LogP) is 3.43. The van der Waals surface area contributed by atoms with E-state index in [9.17, 15) is 14.7 Å². The van der Waals surface area contributed by atoms with Gasteiger partial charge in [-0.3, -0.25) is 4.79 Å². The Bertz CT molecular complexity index is 678. The number of ether oxygens (including phenoxy) is 1. The van der Waals surface area contributed by atoms with E-state index in [0.29, 0.717) is 26.1 Å². The number of benzene rings is 1. The molecule has 2 N–H and O–H groups in total. The number of carboxylic acids is 1. The average molecular weight is 360 g/mol. The summed E-state index contributed by atoms with van der Waals surface area (Å²) in [6, 6.07) is 7.39. The fourth-order valence-corrected chi connectivity index (χ4v) is 4.49. The summed E-state index contributed by atoms with van der Waals surface area (Å²) in [5.74, 6) is 0.0908. The number of fused-ring (bicyclic) bond motifs is 1. The Morgan fingerprint density at radius 1 is 1.38 bits per heavy atom. The van der Waals surface area contributed by atoms with Crippen LogP contribution < -0.4 is 10.1 Å². The van der Waals surface area contributed by atoms with Crippen LogP contribution in [-0.4, -0.2) is 41.7 Å². The minimum atomic E-state index is -0.760. The Hall–Kier alpha value is -2.24. The summed E-state index contributed by atoms with van der Waals surface area (Å²) in [5, 5.41) is 12.8. The second-order valence-corrected chi connectivity index (χ2v) is 7.31. The van der Waals surface area contributed by atoms with E-state index in [1.807, 2.05) is 38.1 Å². The number of hydrogen-bond acceptors (Lipinski definition) is 3. The average Bonchev–Trinajstić information content (AvgIpc) is 3.19. The van der Waals surface area contributed by atoms with Gasteiger partial charge in [0, 0.05) is 18.7 Å². The molecule has 0 radical (unpaired) electrons. The molecule has 26 heavy (non-hydrogen) atoms. The van der Waals surface area contributed by atoms with Crippen LogP contribution >= 0.6 is 0 Å². The largest absolute Gasteiger partial charge is 0.494 e. The molecule has 6 heteroatoms. The fraction of sp³-hybridized carbons (Fsp3) is 0.600. The van der Waals surface area contributed by atoms with E-state index in [1.54, 1.807) is 4.90 Å². The van der Waals surface area contributed by atoms with Gasteiger partial charge in [-0.15, -0.1) is 0 Å². The van der Waals surface area contributed by atoms with Gasteiger partial charge in [-0.1, -0.05) is 31.5 Å². The summed E-state index contributed by atoms with van der Waals surface area (Å²) in [6.45, 7) is 5.36. The first-order valence-electron chi connectivity index (χ1n) is 9.52. The monoisotopic (exact) mass is 360 g/mol. The molecule has 1 saturated carbocycles. The van der Waals surface area contributed by atoms with Crippen molar-refractivity contribution in [2.24, 2.45) is 11.3 Å². The molecule has 1 aromatic rings. The number of urea groups is 1. The lowest BCUT2D eigenvalue weighted by atomic mass is 9.81. The molecule has 0 bridgehead atoms. The summed E-state index contributed by atoms with van der Waals surface area (Å²) >= 11 is 0. The van der Waals surface area contributed by atoms with E-state index in [-0.39, 0.29) is 18.0 Å². The van der Waals surface area contributed by atoms with Gasteiger partial charge in [0.05, 0.1) is 18.1 Å². The van der Waals surface area contributed by atoms with Crippen molar-refractivity contribution in [3.8, 4) is 5.75 Å². The molecular formula is C20H28N2O4. The standard InChI is InChI=1S/C20H28N2O4/c1-3-16(15-9-5-6-10-17(15)26-4-2)21-19(25)22-12-14-8-7-11-20(14,13-22)18(23)24/h5-6,9-10,14,16H,3-4,7-8,11-13H2,1-2H3,(H,21,25)(H,23,24)/t14-,16?,20+/m0/s1. The van der Waals surface area contributed by atoms with Crippen LogP contribution in [0.2, 0.25) is 0 Å². The molecular weight excluding hydrogens is 332 g/mol. The number of carbonyl (C=O) groups excluding carboxylic acids is 1. The number of nitrogens with one attached hydrogen (secondary N) is 1. The number of rotatable bonds is 6. The lowest BCUT2D eigenvalue weighted by Crippen LogP contribution is -2.42. The third kappa shape index (κ3) is 3.24. The zero-order valence-corrected chi connectivity index (χ0v) is 15.5. The molecule has 1 saturated heterocycles. The van der Waals surface area contributed by atoms with E-state index in [0.717, 1.165) is 30.6 Å². The van der Waals surface area contributed by atoms with Crippen LogP contribution in [0.5, 0.6) is 5.75 Å². The number of aliphatic carboxylic acids is 1. The van der Waals surface area contributed by atoms with Crippen LogP contribution in [0.4, 0.5) is 4.79 Å². The SMILES string of the molecule is CCOc1ccccc1C(CC)NC(=O)N1C[C@@H]2CCC[C@@]2(C(=O)O)C1. The molecule has 2 amide bonds. The van der Waals surface area contributed by atoms with Crippen molar-refractivity contribution in [1.82, 2.24) is 10.2 Å². The van der Waals surface area contributed by atoms with E-state index >= 15 is 0 Å². The van der Waals surface area contributed by atoms with Crippen molar-refractivity contribution in [3.63, 3.8) is 0 Å². The number of carbonyl (C=O) groups is 2. The molecule has 1 heterocycles. The summed E-state index contributed by atoms with van der Waals surface area (Å²) in [4.78, 5) is 26.3. The van der Waals surface area contributed by atoms with Gasteiger partial charge in [0.2, 0.25) is 0 Å². The predicted molar refractivity (Wildman–Crippen MR) is 98.2 cm³/mol. The van der Waals surface area contributed by atoms with E-state index in [2.05, 4.69) is 5.32 Å². The van der Waals surface area contributed by atoms with Crippen molar-refractivity contribution in [2.75, 3.05) is 19.7 Å². The molecule has 6 nitrogen and oxygen atoms in total. The molecule has 1 aromatic carbocycles. The van der Waals surface area contributed by atoms with Crippen LogP contribution in [0.25, 0.3) is 0 Å². The molecule has 1 aliphatic heterocycles. The van der Waals surface area contributed by atoms with Gasteiger partial charge in [0.25, 0.3) is 0 Å². The number of nitrogens with zero attached hydrogens (tertiary/aromatic N) is 1. The summed E-state index contributed by atoms with van der Waals surface area (Å²) in [5.41, 5.74) is 0.208. The molecule has 1 aliphatic carbocycles. The molecule has 1 unspecified atom stereocenters. The zero-order valence-electron chi connectivity index (χ0n) is 15.5. The van der Waals surface area contributed by atoms with Crippen LogP contribution in [0, 0.1) is 11.3 Å². The number of carboxylic acid groups (broad SMARTS) is 1. The molecule has 2 fully saturated rings. The highest BCUT2D eigenvalue weighted by molar-refractivity contribution is 5.80. The number of hydrogen-bond donors (Lipinski definition) is 2. The third-order valence-electron chi connectivity index (χ3n) is 5.88.